The molecule has 0 saturated heterocycles. The largest absolute Gasteiger partial charge is 0.374 e. The molecule has 0 bridgehead atoms. The van der Waals surface area contributed by atoms with Gasteiger partial charge in [-0.2, -0.15) is 0 Å². The van der Waals surface area contributed by atoms with Crippen LogP contribution in [0.2, 0.25) is 0 Å². The highest BCUT2D eigenvalue weighted by Gasteiger charge is 2.28. The third kappa shape index (κ3) is 6.27. The molecule has 1 N–H and O–H groups in total. The molecule has 1 rings (SSSR count). The molecule has 1 atom stereocenters. The molecule has 0 spiro atoms. The zero-order valence-electron chi connectivity index (χ0n) is 12.9. The number of amides is 1. The second kappa shape index (κ2) is 7.04. The number of hydrogen-bond acceptors (Lipinski definition) is 4. The molecule has 0 aliphatic rings. The molecule has 1 amide bonds. The maximum atomic E-state index is 11.9. The van der Waals surface area contributed by atoms with Crippen LogP contribution in [0.1, 0.15) is 26.3 Å². The van der Waals surface area contributed by atoms with E-state index in [1.807, 2.05) is 30.3 Å². The number of nitrogens with one attached hydrogen (secondary N) is 1. The molecule has 0 saturated carbocycles. The van der Waals surface area contributed by atoms with Crippen molar-refractivity contribution >= 4 is 15.7 Å². The van der Waals surface area contributed by atoms with Crippen LogP contribution < -0.4 is 5.32 Å². The van der Waals surface area contributed by atoms with Gasteiger partial charge in [-0.3, -0.25) is 4.79 Å². The average molecular weight is 313 g/mol. The summed E-state index contributed by atoms with van der Waals surface area (Å²) in [5.74, 6) is -0.509. The summed E-state index contributed by atoms with van der Waals surface area (Å²) < 4.78 is 28.3. The normalized spacial score (nSPS) is 13.7. The standard InChI is InChI=1S/C15H23NO4S/c1-12(21(4,18)19)14(17)16-15(2,3)11-20-10-13-8-6-5-7-9-13/h5-9,12H,10-11H2,1-4H3,(H,16,17)/t12-/m0/s1. The Kier molecular flexibility index (Phi) is 5.92. The van der Waals surface area contributed by atoms with Crippen LogP contribution in [0.4, 0.5) is 0 Å². The van der Waals surface area contributed by atoms with Crippen molar-refractivity contribution in [2.45, 2.75) is 38.2 Å². The first-order valence-corrected chi connectivity index (χ1v) is 8.70. The van der Waals surface area contributed by atoms with E-state index in [0.717, 1.165) is 11.8 Å². The second-order valence-corrected chi connectivity index (χ2v) is 8.19. The van der Waals surface area contributed by atoms with Crippen molar-refractivity contribution in [2.75, 3.05) is 12.9 Å². The lowest BCUT2D eigenvalue weighted by molar-refractivity contribution is -0.122. The Balaban J connectivity index is 2.48. The van der Waals surface area contributed by atoms with Gasteiger partial charge in [0.15, 0.2) is 9.84 Å². The molecule has 0 fully saturated rings. The SMILES string of the molecule is C[C@@H](C(=O)NC(C)(C)COCc1ccccc1)S(C)(=O)=O. The molecule has 0 unspecified atom stereocenters. The van der Waals surface area contributed by atoms with Crippen molar-refractivity contribution < 1.29 is 17.9 Å². The quantitative estimate of drug-likeness (QED) is 0.828. The lowest BCUT2D eigenvalue weighted by atomic mass is 10.1. The molecule has 6 heteroatoms. The lowest BCUT2D eigenvalue weighted by Crippen LogP contribution is -2.51. The zero-order valence-corrected chi connectivity index (χ0v) is 13.7. The zero-order chi connectivity index (χ0) is 16.1. The van der Waals surface area contributed by atoms with Gasteiger partial charge in [0.2, 0.25) is 5.91 Å². The summed E-state index contributed by atoms with van der Waals surface area (Å²) in [5.41, 5.74) is 0.411. The van der Waals surface area contributed by atoms with Crippen LogP contribution in [0.3, 0.4) is 0 Å². The number of hydrogen-bond donors (Lipinski definition) is 1. The monoisotopic (exact) mass is 313 g/mol. The van der Waals surface area contributed by atoms with Crippen molar-refractivity contribution in [1.29, 1.82) is 0 Å². The van der Waals surface area contributed by atoms with Crippen LogP contribution in [0, 0.1) is 0 Å². The van der Waals surface area contributed by atoms with Crippen molar-refractivity contribution in [1.82, 2.24) is 5.32 Å². The lowest BCUT2D eigenvalue weighted by Gasteiger charge is -2.27. The average Bonchev–Trinajstić information content (AvgIpc) is 2.37. The van der Waals surface area contributed by atoms with Crippen LogP contribution in [-0.2, 0) is 26.0 Å². The number of carbonyl (C=O) groups excluding carboxylic acids is 1. The highest BCUT2D eigenvalue weighted by atomic mass is 32.2. The Labute approximate surface area is 126 Å². The van der Waals surface area contributed by atoms with Gasteiger partial charge in [0.1, 0.15) is 5.25 Å². The molecule has 1 aromatic carbocycles. The van der Waals surface area contributed by atoms with Gasteiger partial charge in [-0.1, -0.05) is 30.3 Å². The Morgan fingerprint density at radius 1 is 1.29 bits per heavy atom. The molecule has 1 aromatic rings. The second-order valence-electron chi connectivity index (χ2n) is 5.82. The van der Waals surface area contributed by atoms with Crippen LogP contribution in [0.5, 0.6) is 0 Å². The number of ether oxygens (including phenoxy) is 1. The molecule has 21 heavy (non-hydrogen) atoms. The third-order valence-electron chi connectivity index (χ3n) is 3.05. The highest BCUT2D eigenvalue weighted by molar-refractivity contribution is 7.92. The van der Waals surface area contributed by atoms with Gasteiger partial charge < -0.3 is 10.1 Å². The molecule has 0 radical (unpaired) electrons. The van der Waals surface area contributed by atoms with Gasteiger partial charge in [-0.15, -0.1) is 0 Å². The molecule has 0 aromatic heterocycles. The summed E-state index contributed by atoms with van der Waals surface area (Å²) in [4.78, 5) is 11.9. The Morgan fingerprint density at radius 2 is 1.86 bits per heavy atom. The van der Waals surface area contributed by atoms with E-state index in [1.165, 1.54) is 6.92 Å². The fourth-order valence-electron chi connectivity index (χ4n) is 1.66. The first kappa shape index (κ1) is 17.7. The van der Waals surface area contributed by atoms with E-state index in [4.69, 9.17) is 4.74 Å². The van der Waals surface area contributed by atoms with Gasteiger partial charge in [0, 0.05) is 6.26 Å². The van der Waals surface area contributed by atoms with E-state index in [-0.39, 0.29) is 0 Å². The molecule has 0 aliphatic heterocycles. The number of carbonyl (C=O) groups is 1. The van der Waals surface area contributed by atoms with Crippen molar-refractivity contribution in [3.8, 4) is 0 Å². The van der Waals surface area contributed by atoms with Gasteiger partial charge in [0.05, 0.1) is 18.8 Å². The summed E-state index contributed by atoms with van der Waals surface area (Å²) in [6.45, 7) is 5.72. The molecular formula is C15H23NO4S. The van der Waals surface area contributed by atoms with E-state index in [9.17, 15) is 13.2 Å². The van der Waals surface area contributed by atoms with Crippen molar-refractivity contribution in [3.05, 3.63) is 35.9 Å². The number of rotatable bonds is 7. The van der Waals surface area contributed by atoms with Crippen molar-refractivity contribution in [2.24, 2.45) is 0 Å². The fourth-order valence-corrected chi connectivity index (χ4v) is 2.11. The van der Waals surface area contributed by atoms with Gasteiger partial charge in [-0.25, -0.2) is 8.42 Å². The minimum atomic E-state index is -3.39. The maximum Gasteiger partial charge on any atom is 0.238 e. The van der Waals surface area contributed by atoms with Gasteiger partial charge in [0.25, 0.3) is 0 Å². The molecule has 5 nitrogen and oxygen atoms in total. The predicted molar refractivity (Wildman–Crippen MR) is 82.6 cm³/mol. The van der Waals surface area contributed by atoms with E-state index in [0.29, 0.717) is 13.2 Å². The Hall–Kier alpha value is -1.40. The van der Waals surface area contributed by atoms with Crippen LogP contribution >= 0.6 is 0 Å². The summed E-state index contributed by atoms with van der Waals surface area (Å²) in [7, 11) is -3.39. The Bertz CT molecular complexity index is 567. The van der Waals surface area contributed by atoms with Crippen LogP contribution in [0.15, 0.2) is 30.3 Å². The number of benzene rings is 1. The highest BCUT2D eigenvalue weighted by Crippen LogP contribution is 2.08. The van der Waals surface area contributed by atoms with Crippen LogP contribution in [-0.4, -0.2) is 38.0 Å². The minimum absolute atomic E-state index is 0.296. The smallest absolute Gasteiger partial charge is 0.238 e. The van der Waals surface area contributed by atoms with Gasteiger partial charge in [-0.05, 0) is 26.3 Å². The maximum absolute atomic E-state index is 11.9. The van der Waals surface area contributed by atoms with E-state index < -0.39 is 26.5 Å². The summed E-state index contributed by atoms with van der Waals surface area (Å²) >= 11 is 0. The van der Waals surface area contributed by atoms with Crippen LogP contribution in [0.25, 0.3) is 0 Å². The molecule has 118 valence electrons. The first-order valence-electron chi connectivity index (χ1n) is 6.74. The third-order valence-corrected chi connectivity index (χ3v) is 4.55. The van der Waals surface area contributed by atoms with E-state index in [2.05, 4.69) is 5.32 Å². The first-order chi connectivity index (χ1) is 9.62. The van der Waals surface area contributed by atoms with E-state index in [1.54, 1.807) is 13.8 Å². The van der Waals surface area contributed by atoms with Gasteiger partial charge >= 0.3 is 0 Å². The molecular weight excluding hydrogens is 290 g/mol. The molecule has 0 aliphatic carbocycles. The predicted octanol–water partition coefficient (Wildman–Crippen LogP) is 1.53. The Morgan fingerprint density at radius 3 is 2.38 bits per heavy atom. The molecule has 0 heterocycles. The summed E-state index contributed by atoms with van der Waals surface area (Å²) in [6.07, 6.45) is 1.05. The summed E-state index contributed by atoms with van der Waals surface area (Å²) in [6, 6.07) is 9.70. The van der Waals surface area contributed by atoms with Crippen molar-refractivity contribution in [3.63, 3.8) is 0 Å². The topological polar surface area (TPSA) is 72.5 Å². The minimum Gasteiger partial charge on any atom is -0.374 e. The fraction of sp³-hybridized carbons (Fsp3) is 0.533. The van der Waals surface area contributed by atoms with E-state index >= 15 is 0 Å². The summed E-state index contributed by atoms with van der Waals surface area (Å²) in [5, 5.41) is 1.64. The number of sulfone groups is 1.